The second kappa shape index (κ2) is 3.23. The number of para-hydroxylation sites is 1. The summed E-state index contributed by atoms with van der Waals surface area (Å²) < 4.78 is 0. The summed E-state index contributed by atoms with van der Waals surface area (Å²) in [6, 6.07) is 10.5. The Kier molecular flexibility index (Phi) is 2.07. The topological polar surface area (TPSA) is 41.8 Å². The van der Waals surface area contributed by atoms with Gasteiger partial charge in [0.2, 0.25) is 0 Å². The van der Waals surface area contributed by atoms with Gasteiger partial charge in [-0.2, -0.15) is 0 Å². The maximum absolute atomic E-state index is 5.93. The number of fused-ring (bicyclic) bond motifs is 1. The van der Waals surface area contributed by atoms with E-state index in [4.69, 9.17) is 5.73 Å². The first-order valence-corrected chi connectivity index (χ1v) is 4.64. The van der Waals surface area contributed by atoms with Gasteiger partial charge in [-0.05, 0) is 23.9 Å². The highest BCUT2D eigenvalue weighted by Crippen LogP contribution is 2.19. The average Bonchev–Trinajstić information content (AvgIpc) is 2.59. The van der Waals surface area contributed by atoms with Crippen LogP contribution in [0.25, 0.3) is 10.9 Å². The number of benzene rings is 1. The first-order chi connectivity index (χ1) is 6.31. The highest BCUT2D eigenvalue weighted by Gasteiger charge is 2.05. The molecule has 1 aromatic heterocycles. The van der Waals surface area contributed by atoms with Gasteiger partial charge in [0, 0.05) is 17.3 Å². The fraction of sp³-hybridized carbons (Fsp3) is 0.273. The molecule has 0 unspecified atom stereocenters. The first kappa shape index (κ1) is 8.32. The van der Waals surface area contributed by atoms with Crippen molar-refractivity contribution in [3.05, 3.63) is 36.0 Å². The standard InChI is InChI=1S/C11H14N2/c1-2-9(12)11-7-8-5-3-4-6-10(8)13-11/h3-7,9,13H,2,12H2,1H3/t9-/m0/s1. The highest BCUT2D eigenvalue weighted by molar-refractivity contribution is 5.80. The van der Waals surface area contributed by atoms with E-state index in [0.717, 1.165) is 12.1 Å². The van der Waals surface area contributed by atoms with Crippen LogP contribution < -0.4 is 5.73 Å². The van der Waals surface area contributed by atoms with Crippen LogP contribution in [0.4, 0.5) is 0 Å². The summed E-state index contributed by atoms with van der Waals surface area (Å²) in [7, 11) is 0. The molecule has 0 bridgehead atoms. The Balaban J connectivity index is 2.49. The molecule has 2 aromatic rings. The van der Waals surface area contributed by atoms with Crippen LogP contribution in [0.5, 0.6) is 0 Å². The lowest BCUT2D eigenvalue weighted by Gasteiger charge is -2.03. The molecule has 0 saturated heterocycles. The number of hydrogen-bond acceptors (Lipinski definition) is 1. The number of nitrogens with two attached hydrogens (primary N) is 1. The molecule has 2 nitrogen and oxygen atoms in total. The lowest BCUT2D eigenvalue weighted by Crippen LogP contribution is -2.08. The van der Waals surface area contributed by atoms with Crippen molar-refractivity contribution >= 4 is 10.9 Å². The number of nitrogens with one attached hydrogen (secondary N) is 1. The van der Waals surface area contributed by atoms with Gasteiger partial charge in [-0.3, -0.25) is 0 Å². The fourth-order valence-electron chi connectivity index (χ4n) is 1.52. The van der Waals surface area contributed by atoms with Crippen molar-refractivity contribution in [1.82, 2.24) is 4.98 Å². The van der Waals surface area contributed by atoms with E-state index in [2.05, 4.69) is 30.1 Å². The summed E-state index contributed by atoms with van der Waals surface area (Å²) in [5, 5.41) is 1.24. The molecule has 68 valence electrons. The largest absolute Gasteiger partial charge is 0.357 e. The highest BCUT2D eigenvalue weighted by atomic mass is 14.8. The van der Waals surface area contributed by atoms with Gasteiger partial charge in [0.05, 0.1) is 0 Å². The van der Waals surface area contributed by atoms with Crippen LogP contribution in [0.2, 0.25) is 0 Å². The summed E-state index contributed by atoms with van der Waals surface area (Å²) >= 11 is 0. The molecule has 0 aliphatic rings. The van der Waals surface area contributed by atoms with Crippen LogP contribution in [-0.2, 0) is 0 Å². The molecular weight excluding hydrogens is 160 g/mol. The Bertz CT molecular complexity index is 370. The molecule has 0 spiro atoms. The van der Waals surface area contributed by atoms with Crippen molar-refractivity contribution in [2.75, 3.05) is 0 Å². The molecule has 2 heteroatoms. The summed E-state index contributed by atoms with van der Waals surface area (Å²) in [5.41, 5.74) is 8.22. The lowest BCUT2D eigenvalue weighted by molar-refractivity contribution is 0.682. The second-order valence-corrected chi connectivity index (χ2v) is 3.33. The van der Waals surface area contributed by atoms with Crippen molar-refractivity contribution in [2.45, 2.75) is 19.4 Å². The predicted octanol–water partition coefficient (Wildman–Crippen LogP) is 2.58. The third-order valence-corrected chi connectivity index (χ3v) is 2.39. The quantitative estimate of drug-likeness (QED) is 0.722. The Morgan fingerprint density at radius 1 is 1.38 bits per heavy atom. The molecule has 1 heterocycles. The van der Waals surface area contributed by atoms with E-state index in [1.165, 1.54) is 10.9 Å². The van der Waals surface area contributed by atoms with E-state index in [1.54, 1.807) is 0 Å². The molecule has 0 aliphatic carbocycles. The number of aromatic nitrogens is 1. The first-order valence-electron chi connectivity index (χ1n) is 4.64. The molecule has 0 amide bonds. The molecule has 1 aromatic carbocycles. The molecule has 0 fully saturated rings. The number of rotatable bonds is 2. The summed E-state index contributed by atoms with van der Waals surface area (Å²) in [5.74, 6) is 0. The zero-order chi connectivity index (χ0) is 9.26. The van der Waals surface area contributed by atoms with Gasteiger partial charge in [0.15, 0.2) is 0 Å². The summed E-state index contributed by atoms with van der Waals surface area (Å²) in [6.45, 7) is 2.09. The average molecular weight is 174 g/mol. The molecule has 1 atom stereocenters. The van der Waals surface area contributed by atoms with Gasteiger partial charge < -0.3 is 10.7 Å². The lowest BCUT2D eigenvalue weighted by atomic mass is 10.1. The van der Waals surface area contributed by atoms with E-state index in [1.807, 2.05) is 12.1 Å². The van der Waals surface area contributed by atoms with E-state index in [-0.39, 0.29) is 6.04 Å². The Morgan fingerprint density at radius 2 is 2.15 bits per heavy atom. The fourth-order valence-corrected chi connectivity index (χ4v) is 1.52. The maximum atomic E-state index is 5.93. The monoisotopic (exact) mass is 174 g/mol. The molecule has 13 heavy (non-hydrogen) atoms. The normalized spacial score (nSPS) is 13.4. The van der Waals surface area contributed by atoms with Crippen molar-refractivity contribution in [3.8, 4) is 0 Å². The zero-order valence-corrected chi connectivity index (χ0v) is 7.75. The minimum atomic E-state index is 0.132. The molecule has 3 N–H and O–H groups in total. The van der Waals surface area contributed by atoms with Gasteiger partial charge in [0.1, 0.15) is 0 Å². The Hall–Kier alpha value is -1.28. The Labute approximate surface area is 77.8 Å². The van der Waals surface area contributed by atoms with Crippen LogP contribution in [0, 0.1) is 0 Å². The smallest absolute Gasteiger partial charge is 0.0456 e. The van der Waals surface area contributed by atoms with Crippen molar-refractivity contribution in [3.63, 3.8) is 0 Å². The molecular formula is C11H14N2. The van der Waals surface area contributed by atoms with E-state index in [9.17, 15) is 0 Å². The van der Waals surface area contributed by atoms with Gasteiger partial charge in [-0.15, -0.1) is 0 Å². The van der Waals surface area contributed by atoms with Gasteiger partial charge in [-0.25, -0.2) is 0 Å². The van der Waals surface area contributed by atoms with Crippen molar-refractivity contribution in [2.24, 2.45) is 5.73 Å². The number of hydrogen-bond donors (Lipinski definition) is 2. The zero-order valence-electron chi connectivity index (χ0n) is 7.75. The van der Waals surface area contributed by atoms with Crippen LogP contribution in [0.1, 0.15) is 25.1 Å². The summed E-state index contributed by atoms with van der Waals surface area (Å²) in [4.78, 5) is 3.32. The Morgan fingerprint density at radius 3 is 2.85 bits per heavy atom. The van der Waals surface area contributed by atoms with Crippen LogP contribution in [0.15, 0.2) is 30.3 Å². The molecule has 0 radical (unpaired) electrons. The molecule has 2 rings (SSSR count). The predicted molar refractivity (Wildman–Crippen MR) is 55.5 cm³/mol. The maximum Gasteiger partial charge on any atom is 0.0456 e. The third-order valence-electron chi connectivity index (χ3n) is 2.39. The van der Waals surface area contributed by atoms with Crippen LogP contribution in [-0.4, -0.2) is 4.98 Å². The van der Waals surface area contributed by atoms with E-state index in [0.29, 0.717) is 0 Å². The van der Waals surface area contributed by atoms with Crippen molar-refractivity contribution < 1.29 is 0 Å². The van der Waals surface area contributed by atoms with Gasteiger partial charge in [-0.1, -0.05) is 25.1 Å². The van der Waals surface area contributed by atoms with Crippen molar-refractivity contribution in [1.29, 1.82) is 0 Å². The minimum absolute atomic E-state index is 0.132. The summed E-state index contributed by atoms with van der Waals surface area (Å²) in [6.07, 6.45) is 0.965. The molecule has 0 aliphatic heterocycles. The van der Waals surface area contributed by atoms with Gasteiger partial charge in [0.25, 0.3) is 0 Å². The number of H-pyrrole nitrogens is 1. The second-order valence-electron chi connectivity index (χ2n) is 3.33. The molecule has 0 saturated carbocycles. The number of aromatic amines is 1. The van der Waals surface area contributed by atoms with Gasteiger partial charge >= 0.3 is 0 Å². The van der Waals surface area contributed by atoms with Crippen LogP contribution >= 0.6 is 0 Å². The third kappa shape index (κ3) is 1.45. The minimum Gasteiger partial charge on any atom is -0.357 e. The van der Waals surface area contributed by atoms with E-state index >= 15 is 0 Å². The van der Waals surface area contributed by atoms with Crippen LogP contribution in [0.3, 0.4) is 0 Å². The SMILES string of the molecule is CC[C@H](N)c1cc2ccccc2[nH]1. The van der Waals surface area contributed by atoms with E-state index < -0.39 is 0 Å².